The summed E-state index contributed by atoms with van der Waals surface area (Å²) in [5, 5.41) is 8.47. The van der Waals surface area contributed by atoms with Gasteiger partial charge in [-0.1, -0.05) is 0 Å². The molecule has 0 fully saturated rings. The zero-order valence-electron chi connectivity index (χ0n) is 7.75. The van der Waals surface area contributed by atoms with E-state index in [9.17, 15) is 13.2 Å². The summed E-state index contributed by atoms with van der Waals surface area (Å²) in [6, 6.07) is 1.90. The summed E-state index contributed by atoms with van der Waals surface area (Å²) in [5.74, 6) is -1.13. The van der Waals surface area contributed by atoms with Gasteiger partial charge in [-0.25, -0.2) is 0 Å². The Hall–Kier alpha value is -1.36. The van der Waals surface area contributed by atoms with Gasteiger partial charge in [-0.15, -0.1) is 0 Å². The van der Waals surface area contributed by atoms with Crippen molar-refractivity contribution in [2.75, 3.05) is 18.5 Å². The van der Waals surface area contributed by atoms with E-state index in [0.717, 1.165) is 0 Å². The molecule has 4 nitrogen and oxygen atoms in total. The summed E-state index contributed by atoms with van der Waals surface area (Å²) >= 11 is 0.670. The van der Waals surface area contributed by atoms with Crippen molar-refractivity contribution >= 4 is 16.7 Å². The quantitative estimate of drug-likeness (QED) is 0.804. The fourth-order valence-electron chi connectivity index (χ4n) is 0.799. The molecule has 1 rings (SSSR count). The van der Waals surface area contributed by atoms with Crippen LogP contribution in [-0.2, 0) is 6.18 Å². The molecule has 0 saturated heterocycles. The summed E-state index contributed by atoms with van der Waals surface area (Å²) < 4.78 is 39.6. The smallest absolute Gasteiger partial charge is 0.349 e. The lowest BCUT2D eigenvalue weighted by atomic mass is 10.4. The van der Waals surface area contributed by atoms with Crippen molar-refractivity contribution < 1.29 is 13.2 Å². The maximum atomic E-state index is 12.1. The highest BCUT2D eigenvalue weighted by Crippen LogP contribution is 2.29. The molecule has 0 radical (unpaired) electrons. The predicted molar refractivity (Wildman–Crippen MR) is 48.4 cm³/mol. The average Bonchev–Trinajstić information content (AvgIpc) is 2.62. The van der Waals surface area contributed by atoms with Crippen LogP contribution in [0.4, 0.5) is 18.3 Å². The van der Waals surface area contributed by atoms with Gasteiger partial charge in [-0.2, -0.15) is 27.8 Å². The average molecular weight is 236 g/mol. The fraction of sp³-hybridized carbons (Fsp3) is 0.571. The number of alkyl halides is 3. The van der Waals surface area contributed by atoms with Crippen LogP contribution in [0.3, 0.4) is 0 Å². The number of nitriles is 1. The third-order valence-corrected chi connectivity index (χ3v) is 2.38. The SMILES string of the molecule is CN(CCC#N)c1nc(C(F)(F)F)ns1. The van der Waals surface area contributed by atoms with Crippen LogP contribution >= 0.6 is 11.5 Å². The molecule has 1 aromatic rings. The Morgan fingerprint density at radius 2 is 2.20 bits per heavy atom. The van der Waals surface area contributed by atoms with Crippen LogP contribution in [0.2, 0.25) is 0 Å². The Bertz CT molecular complexity index is 367. The van der Waals surface area contributed by atoms with E-state index in [2.05, 4.69) is 9.36 Å². The first kappa shape index (κ1) is 11.7. The lowest BCUT2D eigenvalue weighted by molar-refractivity contribution is -0.144. The van der Waals surface area contributed by atoms with Crippen molar-refractivity contribution in [3.8, 4) is 6.07 Å². The number of halogens is 3. The maximum Gasteiger partial charge on any atom is 0.452 e. The summed E-state index contributed by atoms with van der Waals surface area (Å²) in [7, 11) is 1.57. The van der Waals surface area contributed by atoms with Crippen LogP contribution in [0.1, 0.15) is 12.2 Å². The van der Waals surface area contributed by atoms with Gasteiger partial charge in [0.05, 0.1) is 12.5 Å². The molecule has 1 heterocycles. The summed E-state index contributed by atoms with van der Waals surface area (Å²) in [6.45, 7) is 0.336. The topological polar surface area (TPSA) is 52.8 Å². The first-order valence-electron chi connectivity index (χ1n) is 3.94. The number of aromatic nitrogens is 2. The molecule has 0 N–H and O–H groups in total. The van der Waals surface area contributed by atoms with Gasteiger partial charge in [0.15, 0.2) is 0 Å². The highest BCUT2D eigenvalue weighted by Gasteiger charge is 2.36. The Morgan fingerprint density at radius 1 is 1.53 bits per heavy atom. The van der Waals surface area contributed by atoms with Crippen LogP contribution in [0.15, 0.2) is 0 Å². The number of hydrogen-bond donors (Lipinski definition) is 0. The van der Waals surface area contributed by atoms with Crippen molar-refractivity contribution in [2.24, 2.45) is 0 Å². The van der Waals surface area contributed by atoms with Crippen molar-refractivity contribution in [3.63, 3.8) is 0 Å². The van der Waals surface area contributed by atoms with E-state index in [-0.39, 0.29) is 11.6 Å². The Labute approximate surface area is 88.1 Å². The second-order valence-electron chi connectivity index (χ2n) is 2.73. The van der Waals surface area contributed by atoms with E-state index in [1.807, 2.05) is 6.07 Å². The zero-order valence-corrected chi connectivity index (χ0v) is 8.56. The van der Waals surface area contributed by atoms with E-state index in [4.69, 9.17) is 5.26 Å². The van der Waals surface area contributed by atoms with Gasteiger partial charge in [-0.3, -0.25) is 0 Å². The number of hydrogen-bond acceptors (Lipinski definition) is 5. The number of nitrogens with zero attached hydrogens (tertiary/aromatic N) is 4. The third-order valence-electron chi connectivity index (χ3n) is 1.55. The minimum atomic E-state index is -4.51. The van der Waals surface area contributed by atoms with Gasteiger partial charge < -0.3 is 4.90 Å². The van der Waals surface area contributed by atoms with E-state index in [1.165, 1.54) is 4.90 Å². The Morgan fingerprint density at radius 3 is 2.67 bits per heavy atom. The molecule has 0 atom stereocenters. The molecule has 0 aliphatic heterocycles. The van der Waals surface area contributed by atoms with Crippen molar-refractivity contribution in [1.82, 2.24) is 9.36 Å². The lowest BCUT2D eigenvalue weighted by Crippen LogP contribution is -2.18. The highest BCUT2D eigenvalue weighted by molar-refractivity contribution is 7.09. The number of rotatable bonds is 3. The van der Waals surface area contributed by atoms with Gasteiger partial charge in [0.1, 0.15) is 0 Å². The van der Waals surface area contributed by atoms with Gasteiger partial charge in [0, 0.05) is 25.1 Å². The van der Waals surface area contributed by atoms with Crippen LogP contribution < -0.4 is 4.90 Å². The second-order valence-corrected chi connectivity index (χ2v) is 3.46. The second kappa shape index (κ2) is 4.44. The molecule has 0 aliphatic rings. The summed E-state index contributed by atoms with van der Waals surface area (Å²) in [6.07, 6.45) is -4.28. The van der Waals surface area contributed by atoms with Crippen LogP contribution in [0.5, 0.6) is 0 Å². The standard InChI is InChI=1S/C7H7F3N4S/c1-14(4-2-3-11)6-12-5(13-15-6)7(8,9)10/h2,4H2,1H3. The molecule has 0 aliphatic carbocycles. The van der Waals surface area contributed by atoms with Gasteiger partial charge in [0.25, 0.3) is 0 Å². The summed E-state index contributed by atoms with van der Waals surface area (Å²) in [5.41, 5.74) is 0. The minimum absolute atomic E-state index is 0.164. The van der Waals surface area contributed by atoms with E-state index in [1.54, 1.807) is 7.05 Å². The molecular formula is C7H7F3N4S. The first-order chi connectivity index (χ1) is 6.95. The molecule has 0 spiro atoms. The predicted octanol–water partition coefficient (Wildman–Crippen LogP) is 1.91. The Kier molecular flexibility index (Phi) is 3.47. The molecule has 0 unspecified atom stereocenters. The molecule has 15 heavy (non-hydrogen) atoms. The molecule has 0 bridgehead atoms. The van der Waals surface area contributed by atoms with Crippen LogP contribution in [0.25, 0.3) is 0 Å². The Balaban J connectivity index is 2.72. The maximum absolute atomic E-state index is 12.1. The third kappa shape index (κ3) is 3.06. The van der Waals surface area contributed by atoms with Gasteiger partial charge >= 0.3 is 6.18 Å². The van der Waals surface area contributed by atoms with Crippen LogP contribution in [-0.4, -0.2) is 22.9 Å². The van der Waals surface area contributed by atoms with Crippen molar-refractivity contribution in [2.45, 2.75) is 12.6 Å². The van der Waals surface area contributed by atoms with Crippen LogP contribution in [0, 0.1) is 11.3 Å². The minimum Gasteiger partial charge on any atom is -0.349 e. The molecule has 8 heteroatoms. The van der Waals surface area contributed by atoms with E-state index >= 15 is 0 Å². The molecule has 82 valence electrons. The zero-order chi connectivity index (χ0) is 11.5. The highest BCUT2D eigenvalue weighted by atomic mass is 32.1. The van der Waals surface area contributed by atoms with E-state index in [0.29, 0.717) is 18.1 Å². The van der Waals surface area contributed by atoms with Crippen molar-refractivity contribution in [1.29, 1.82) is 5.26 Å². The van der Waals surface area contributed by atoms with Gasteiger partial charge in [0.2, 0.25) is 11.0 Å². The van der Waals surface area contributed by atoms with Crippen molar-refractivity contribution in [3.05, 3.63) is 5.82 Å². The molecule has 0 saturated carbocycles. The van der Waals surface area contributed by atoms with E-state index < -0.39 is 12.0 Å². The lowest BCUT2D eigenvalue weighted by Gasteiger charge is -2.11. The fourth-order valence-corrected chi connectivity index (χ4v) is 1.47. The summed E-state index contributed by atoms with van der Waals surface area (Å²) in [4.78, 5) is 4.80. The van der Waals surface area contributed by atoms with Gasteiger partial charge in [-0.05, 0) is 0 Å². The first-order valence-corrected chi connectivity index (χ1v) is 4.71. The molecule has 0 amide bonds. The largest absolute Gasteiger partial charge is 0.452 e. The normalized spacial score (nSPS) is 11.1. The monoisotopic (exact) mass is 236 g/mol. The molecular weight excluding hydrogens is 229 g/mol. The number of anilines is 1. The molecule has 0 aromatic carbocycles. The molecule has 1 aromatic heterocycles.